The van der Waals surface area contributed by atoms with E-state index in [1.807, 2.05) is 30.3 Å². The number of hydrogen-bond acceptors (Lipinski definition) is 5. The van der Waals surface area contributed by atoms with Crippen LogP contribution in [0, 0.1) is 0 Å². The summed E-state index contributed by atoms with van der Waals surface area (Å²) < 4.78 is 5.96. The molecule has 1 aliphatic rings. The predicted octanol–water partition coefficient (Wildman–Crippen LogP) is 3.48. The molecule has 0 saturated carbocycles. The van der Waals surface area contributed by atoms with Crippen molar-refractivity contribution in [3.63, 3.8) is 0 Å². The average Bonchev–Trinajstić information content (AvgIpc) is 2.50. The molecule has 0 radical (unpaired) electrons. The Morgan fingerprint density at radius 1 is 1.33 bits per heavy atom. The maximum atomic E-state index is 11.2. The summed E-state index contributed by atoms with van der Waals surface area (Å²) in [6, 6.07) is 9.84. The number of ether oxygens (including phenoxy) is 1. The third-order valence-electron chi connectivity index (χ3n) is 4.13. The molecule has 3 rings (SSSR count). The van der Waals surface area contributed by atoms with Crippen LogP contribution in [0.3, 0.4) is 0 Å². The number of hydrogen-bond donors (Lipinski definition) is 0. The standard InChI is InChI=1S/C18H20ClN3O2/c1-12(9-13(2)23)14-3-5-15(6-4-14)24-16-10-22(11-16)17-7-8-20-18(19)21-17/h3-8,12,16H,9-11H2,1-2H3/t12-/m1/s1. The molecule has 0 N–H and O–H groups in total. The van der Waals surface area contributed by atoms with Crippen LogP contribution >= 0.6 is 11.6 Å². The van der Waals surface area contributed by atoms with E-state index in [0.29, 0.717) is 6.42 Å². The molecule has 1 aliphatic heterocycles. The molecule has 6 heteroatoms. The van der Waals surface area contributed by atoms with Gasteiger partial charge in [0.05, 0.1) is 13.1 Å². The molecule has 1 atom stereocenters. The number of ketones is 1. The van der Waals surface area contributed by atoms with E-state index in [9.17, 15) is 4.79 Å². The van der Waals surface area contributed by atoms with E-state index < -0.39 is 0 Å². The molecule has 2 aromatic rings. The first-order valence-corrected chi connectivity index (χ1v) is 8.38. The van der Waals surface area contributed by atoms with Gasteiger partial charge in [0.15, 0.2) is 0 Å². The number of nitrogens with zero attached hydrogens (tertiary/aromatic N) is 3. The van der Waals surface area contributed by atoms with Crippen LogP contribution in [-0.2, 0) is 4.79 Å². The molecule has 126 valence electrons. The minimum Gasteiger partial charge on any atom is -0.487 e. The summed E-state index contributed by atoms with van der Waals surface area (Å²) in [4.78, 5) is 21.4. The van der Waals surface area contributed by atoms with Crippen LogP contribution in [-0.4, -0.2) is 34.9 Å². The third-order valence-corrected chi connectivity index (χ3v) is 4.31. The van der Waals surface area contributed by atoms with E-state index in [4.69, 9.17) is 16.3 Å². The fourth-order valence-electron chi connectivity index (χ4n) is 2.82. The summed E-state index contributed by atoms with van der Waals surface area (Å²) in [5, 5.41) is 0.257. The van der Waals surface area contributed by atoms with Gasteiger partial charge in [-0.05, 0) is 48.2 Å². The van der Waals surface area contributed by atoms with Gasteiger partial charge >= 0.3 is 0 Å². The van der Waals surface area contributed by atoms with Crippen molar-refractivity contribution in [2.24, 2.45) is 0 Å². The number of anilines is 1. The zero-order valence-electron chi connectivity index (χ0n) is 13.8. The van der Waals surface area contributed by atoms with Crippen LogP contribution in [0.15, 0.2) is 36.5 Å². The molecular formula is C18H20ClN3O2. The second-order valence-electron chi connectivity index (χ2n) is 6.20. The molecule has 5 nitrogen and oxygen atoms in total. The first-order valence-electron chi connectivity index (χ1n) is 8.01. The van der Waals surface area contributed by atoms with Gasteiger partial charge in [0.2, 0.25) is 5.28 Å². The number of aromatic nitrogens is 2. The molecule has 0 bridgehead atoms. The molecule has 24 heavy (non-hydrogen) atoms. The second-order valence-corrected chi connectivity index (χ2v) is 6.54. The zero-order valence-corrected chi connectivity index (χ0v) is 14.5. The number of carbonyl (C=O) groups excluding carboxylic acids is 1. The Balaban J connectivity index is 1.52. The SMILES string of the molecule is CC(=O)C[C@@H](C)c1ccc(OC2CN(c3ccnc(Cl)n3)C2)cc1. The van der Waals surface area contributed by atoms with Crippen LogP contribution in [0.4, 0.5) is 5.82 Å². The Morgan fingerprint density at radius 2 is 2.04 bits per heavy atom. The van der Waals surface area contributed by atoms with Gasteiger partial charge in [-0.15, -0.1) is 0 Å². The molecule has 1 aromatic heterocycles. The topological polar surface area (TPSA) is 55.3 Å². The van der Waals surface area contributed by atoms with Gasteiger partial charge in [-0.3, -0.25) is 0 Å². The Morgan fingerprint density at radius 3 is 2.67 bits per heavy atom. The largest absolute Gasteiger partial charge is 0.487 e. The Labute approximate surface area is 146 Å². The fourth-order valence-corrected chi connectivity index (χ4v) is 2.96. The molecule has 1 aromatic carbocycles. The zero-order chi connectivity index (χ0) is 17.1. The minimum atomic E-state index is 0.138. The molecule has 2 heterocycles. The van der Waals surface area contributed by atoms with Crippen molar-refractivity contribution >= 4 is 23.2 Å². The van der Waals surface area contributed by atoms with Crippen molar-refractivity contribution < 1.29 is 9.53 Å². The van der Waals surface area contributed by atoms with Gasteiger partial charge in [0.1, 0.15) is 23.5 Å². The summed E-state index contributed by atoms with van der Waals surface area (Å²) in [5.41, 5.74) is 1.16. The highest BCUT2D eigenvalue weighted by Crippen LogP contribution is 2.25. The highest BCUT2D eigenvalue weighted by Gasteiger charge is 2.29. The second kappa shape index (κ2) is 7.18. The summed E-state index contributed by atoms with van der Waals surface area (Å²) in [6.45, 7) is 5.24. The van der Waals surface area contributed by atoms with E-state index in [1.54, 1.807) is 13.1 Å². The van der Waals surface area contributed by atoms with Gasteiger partial charge in [0.25, 0.3) is 0 Å². The normalized spacial score (nSPS) is 15.7. The van der Waals surface area contributed by atoms with Gasteiger partial charge in [0, 0.05) is 12.6 Å². The Kier molecular flexibility index (Phi) is 5.00. The Hall–Kier alpha value is -2.14. The van der Waals surface area contributed by atoms with E-state index in [1.165, 1.54) is 0 Å². The van der Waals surface area contributed by atoms with Gasteiger partial charge in [-0.25, -0.2) is 9.97 Å². The summed E-state index contributed by atoms with van der Waals surface area (Å²) >= 11 is 5.81. The number of benzene rings is 1. The highest BCUT2D eigenvalue weighted by molar-refractivity contribution is 6.28. The third kappa shape index (κ3) is 4.03. The molecule has 1 saturated heterocycles. The smallest absolute Gasteiger partial charge is 0.224 e. The van der Waals surface area contributed by atoms with E-state index in [-0.39, 0.29) is 23.1 Å². The van der Waals surface area contributed by atoms with Crippen LogP contribution in [0.2, 0.25) is 5.28 Å². The Bertz CT molecular complexity index is 714. The van der Waals surface area contributed by atoms with E-state index in [0.717, 1.165) is 30.2 Å². The highest BCUT2D eigenvalue weighted by atomic mass is 35.5. The molecule has 1 fully saturated rings. The van der Waals surface area contributed by atoms with E-state index >= 15 is 0 Å². The molecule has 0 spiro atoms. The summed E-state index contributed by atoms with van der Waals surface area (Å²) in [6.07, 6.45) is 2.36. The van der Waals surface area contributed by atoms with Crippen molar-refractivity contribution in [2.75, 3.05) is 18.0 Å². The number of Topliss-reactive ketones (excluding diaryl/α,β-unsaturated/α-hetero) is 1. The molecule has 0 aliphatic carbocycles. The van der Waals surface area contributed by atoms with Gasteiger partial charge < -0.3 is 14.4 Å². The maximum absolute atomic E-state index is 11.2. The lowest BCUT2D eigenvalue weighted by Gasteiger charge is -2.39. The first-order chi connectivity index (χ1) is 11.5. The van der Waals surface area contributed by atoms with Crippen LogP contribution in [0.25, 0.3) is 0 Å². The predicted molar refractivity (Wildman–Crippen MR) is 93.8 cm³/mol. The summed E-state index contributed by atoms with van der Waals surface area (Å²) in [5.74, 6) is 2.11. The monoisotopic (exact) mass is 345 g/mol. The maximum Gasteiger partial charge on any atom is 0.224 e. The number of halogens is 1. The van der Waals surface area contributed by atoms with Crippen molar-refractivity contribution in [3.05, 3.63) is 47.4 Å². The average molecular weight is 346 g/mol. The van der Waals surface area contributed by atoms with Crippen LogP contribution < -0.4 is 9.64 Å². The number of rotatable bonds is 6. The van der Waals surface area contributed by atoms with Gasteiger partial charge in [-0.1, -0.05) is 19.1 Å². The lowest BCUT2D eigenvalue weighted by atomic mass is 9.96. The van der Waals surface area contributed by atoms with Crippen LogP contribution in [0.5, 0.6) is 5.75 Å². The van der Waals surface area contributed by atoms with Crippen molar-refractivity contribution in [3.8, 4) is 5.75 Å². The molecule has 0 amide bonds. The van der Waals surface area contributed by atoms with Crippen LogP contribution in [0.1, 0.15) is 31.7 Å². The fraction of sp³-hybridized carbons (Fsp3) is 0.389. The minimum absolute atomic E-state index is 0.138. The van der Waals surface area contributed by atoms with Gasteiger partial charge in [-0.2, -0.15) is 0 Å². The number of carbonyl (C=O) groups is 1. The summed E-state index contributed by atoms with van der Waals surface area (Å²) in [7, 11) is 0. The molecule has 0 unspecified atom stereocenters. The van der Waals surface area contributed by atoms with Crippen molar-refractivity contribution in [1.82, 2.24) is 9.97 Å². The molecular weight excluding hydrogens is 326 g/mol. The van der Waals surface area contributed by atoms with Crippen molar-refractivity contribution in [1.29, 1.82) is 0 Å². The first kappa shape index (κ1) is 16.7. The van der Waals surface area contributed by atoms with Crippen molar-refractivity contribution in [2.45, 2.75) is 32.3 Å². The quantitative estimate of drug-likeness (QED) is 0.750. The lowest BCUT2D eigenvalue weighted by molar-refractivity contribution is -0.117. The lowest BCUT2D eigenvalue weighted by Crippen LogP contribution is -2.54. The van der Waals surface area contributed by atoms with E-state index in [2.05, 4.69) is 21.8 Å².